The summed E-state index contributed by atoms with van der Waals surface area (Å²) >= 11 is 0. The predicted octanol–water partition coefficient (Wildman–Crippen LogP) is 2.17. The van der Waals surface area contributed by atoms with Crippen molar-refractivity contribution in [3.8, 4) is 0 Å². The molecule has 13 heavy (non-hydrogen) atoms. The van der Waals surface area contributed by atoms with Gasteiger partial charge in [0.25, 0.3) is 0 Å². The highest BCUT2D eigenvalue weighted by atomic mass is 15.5. The van der Waals surface area contributed by atoms with Gasteiger partial charge in [0.05, 0.1) is 5.69 Å². The molecule has 0 saturated heterocycles. The zero-order chi connectivity index (χ0) is 9.10. The average Bonchev–Trinajstić information content (AvgIpc) is 2.70. The minimum Gasteiger partial charge on any atom is -0.284 e. The van der Waals surface area contributed by atoms with Crippen LogP contribution in [0.4, 0.5) is 5.69 Å². The summed E-state index contributed by atoms with van der Waals surface area (Å²) < 4.78 is 0. The fraction of sp³-hybridized carbons (Fsp3) is 0.0909. The molecular formula is C11H12N2. The Morgan fingerprint density at radius 3 is 2.92 bits per heavy atom. The third-order valence-electron chi connectivity index (χ3n) is 2.05. The molecule has 0 bridgehead atoms. The second-order valence-corrected chi connectivity index (χ2v) is 2.88. The topological polar surface area (TPSA) is 15.3 Å². The molecule has 1 aliphatic rings. The van der Waals surface area contributed by atoms with Crippen LogP contribution >= 0.6 is 0 Å². The fourth-order valence-electron chi connectivity index (χ4n) is 1.41. The van der Waals surface area contributed by atoms with E-state index in [-0.39, 0.29) is 0 Å². The van der Waals surface area contributed by atoms with Crippen molar-refractivity contribution in [3.63, 3.8) is 0 Å². The van der Waals surface area contributed by atoms with Crippen LogP contribution in [-0.2, 0) is 0 Å². The second kappa shape index (κ2) is 3.46. The first kappa shape index (κ1) is 8.08. The largest absolute Gasteiger partial charge is 0.284 e. The van der Waals surface area contributed by atoms with Crippen LogP contribution in [0.3, 0.4) is 0 Å². The maximum atomic E-state index is 3.78. The molecule has 0 atom stereocenters. The maximum absolute atomic E-state index is 3.78. The number of rotatable bonds is 2. The lowest BCUT2D eigenvalue weighted by molar-refractivity contribution is 0.814. The molecule has 0 saturated carbocycles. The molecule has 2 heteroatoms. The van der Waals surface area contributed by atoms with Crippen LogP contribution in [0.15, 0.2) is 43.1 Å². The highest BCUT2D eigenvalue weighted by molar-refractivity contribution is 5.67. The Labute approximate surface area is 78.2 Å². The van der Waals surface area contributed by atoms with Gasteiger partial charge in [-0.1, -0.05) is 36.9 Å². The molecule has 0 amide bonds. The summed E-state index contributed by atoms with van der Waals surface area (Å²) in [6.07, 6.45) is 5.98. The number of nitrogens with one attached hydrogen (secondary N) is 1. The van der Waals surface area contributed by atoms with Gasteiger partial charge in [-0.15, -0.1) is 0 Å². The van der Waals surface area contributed by atoms with Crippen molar-refractivity contribution in [1.82, 2.24) is 5.43 Å². The molecular weight excluding hydrogens is 160 g/mol. The predicted molar refractivity (Wildman–Crippen MR) is 56.2 cm³/mol. The summed E-state index contributed by atoms with van der Waals surface area (Å²) in [7, 11) is 0. The van der Waals surface area contributed by atoms with Crippen LogP contribution in [-0.4, -0.2) is 6.54 Å². The van der Waals surface area contributed by atoms with E-state index in [4.69, 9.17) is 0 Å². The normalized spacial score (nSPS) is 14.9. The Bertz CT molecular complexity index is 342. The van der Waals surface area contributed by atoms with Crippen LogP contribution in [0.5, 0.6) is 0 Å². The zero-order valence-electron chi connectivity index (χ0n) is 7.40. The van der Waals surface area contributed by atoms with Crippen LogP contribution < -0.4 is 10.4 Å². The number of hydrogen-bond donors (Lipinski definition) is 1. The van der Waals surface area contributed by atoms with Gasteiger partial charge in [0.2, 0.25) is 0 Å². The van der Waals surface area contributed by atoms with E-state index in [0.29, 0.717) is 0 Å². The molecule has 2 nitrogen and oxygen atoms in total. The number of para-hydroxylation sites is 1. The van der Waals surface area contributed by atoms with Gasteiger partial charge < -0.3 is 0 Å². The Morgan fingerprint density at radius 2 is 2.23 bits per heavy atom. The fourth-order valence-corrected chi connectivity index (χ4v) is 1.41. The third-order valence-corrected chi connectivity index (χ3v) is 2.05. The summed E-state index contributed by atoms with van der Waals surface area (Å²) in [6, 6.07) is 8.16. The van der Waals surface area contributed by atoms with Gasteiger partial charge in [-0.3, -0.25) is 5.01 Å². The van der Waals surface area contributed by atoms with Crippen molar-refractivity contribution in [3.05, 3.63) is 48.7 Å². The maximum Gasteiger partial charge on any atom is 0.0642 e. The van der Waals surface area contributed by atoms with Gasteiger partial charge in [0, 0.05) is 12.7 Å². The molecule has 0 unspecified atom stereocenters. The lowest BCUT2D eigenvalue weighted by Gasteiger charge is -2.18. The Balaban J connectivity index is 2.37. The molecule has 0 spiro atoms. The average molecular weight is 172 g/mol. The van der Waals surface area contributed by atoms with Crippen molar-refractivity contribution in [2.45, 2.75) is 0 Å². The molecule has 1 N–H and O–H groups in total. The standard InChI is InChI=1S/C11H12N2/c1-2-10-6-3-4-7-11(10)13-9-5-8-12-13/h2-7,9,12H,1,8H2. The quantitative estimate of drug-likeness (QED) is 0.735. The van der Waals surface area contributed by atoms with Crippen molar-refractivity contribution < 1.29 is 0 Å². The van der Waals surface area contributed by atoms with E-state index in [0.717, 1.165) is 17.8 Å². The number of anilines is 1. The van der Waals surface area contributed by atoms with E-state index in [1.807, 2.05) is 29.4 Å². The summed E-state index contributed by atoms with van der Waals surface area (Å²) in [5, 5.41) is 2.01. The Hall–Kier alpha value is -1.54. The highest BCUT2D eigenvalue weighted by Gasteiger charge is 2.08. The number of benzene rings is 1. The molecule has 1 aromatic carbocycles. The smallest absolute Gasteiger partial charge is 0.0642 e. The van der Waals surface area contributed by atoms with Crippen LogP contribution in [0, 0.1) is 0 Å². The SMILES string of the molecule is C=Cc1ccccc1N1C=CCN1. The summed E-state index contributed by atoms with van der Waals surface area (Å²) in [5.41, 5.74) is 5.51. The third kappa shape index (κ3) is 1.48. The van der Waals surface area contributed by atoms with Crippen molar-refractivity contribution in [1.29, 1.82) is 0 Å². The highest BCUT2D eigenvalue weighted by Crippen LogP contribution is 2.21. The molecule has 0 fully saturated rings. The first-order valence-corrected chi connectivity index (χ1v) is 4.32. The van der Waals surface area contributed by atoms with E-state index in [1.54, 1.807) is 0 Å². The van der Waals surface area contributed by atoms with E-state index in [2.05, 4.69) is 30.2 Å². The number of hydrogen-bond acceptors (Lipinski definition) is 2. The van der Waals surface area contributed by atoms with Gasteiger partial charge >= 0.3 is 0 Å². The first-order chi connectivity index (χ1) is 6.42. The zero-order valence-corrected chi connectivity index (χ0v) is 7.40. The van der Waals surface area contributed by atoms with Crippen LogP contribution in [0.1, 0.15) is 5.56 Å². The van der Waals surface area contributed by atoms with E-state index < -0.39 is 0 Å². The van der Waals surface area contributed by atoms with Gasteiger partial charge in [-0.25, -0.2) is 5.43 Å². The molecule has 0 aliphatic carbocycles. The van der Waals surface area contributed by atoms with Crippen molar-refractivity contribution in [2.75, 3.05) is 11.6 Å². The van der Waals surface area contributed by atoms with Crippen molar-refractivity contribution in [2.24, 2.45) is 0 Å². The molecule has 0 radical (unpaired) electrons. The second-order valence-electron chi connectivity index (χ2n) is 2.88. The van der Waals surface area contributed by atoms with Crippen LogP contribution in [0.2, 0.25) is 0 Å². The minimum atomic E-state index is 0.894. The van der Waals surface area contributed by atoms with Gasteiger partial charge in [-0.2, -0.15) is 0 Å². The molecule has 1 aromatic rings. The Morgan fingerprint density at radius 1 is 1.38 bits per heavy atom. The van der Waals surface area contributed by atoms with E-state index in [9.17, 15) is 0 Å². The summed E-state index contributed by atoms with van der Waals surface area (Å²) in [6.45, 7) is 4.68. The van der Waals surface area contributed by atoms with Crippen LogP contribution in [0.25, 0.3) is 6.08 Å². The van der Waals surface area contributed by atoms with E-state index >= 15 is 0 Å². The summed E-state index contributed by atoms with van der Waals surface area (Å²) in [5.74, 6) is 0. The molecule has 2 rings (SSSR count). The molecule has 1 aliphatic heterocycles. The number of nitrogens with zero attached hydrogens (tertiary/aromatic N) is 1. The van der Waals surface area contributed by atoms with Gasteiger partial charge in [-0.05, 0) is 11.6 Å². The van der Waals surface area contributed by atoms with Crippen molar-refractivity contribution >= 4 is 11.8 Å². The molecule has 0 aromatic heterocycles. The lowest BCUT2D eigenvalue weighted by Crippen LogP contribution is -2.28. The van der Waals surface area contributed by atoms with Gasteiger partial charge in [0.15, 0.2) is 0 Å². The van der Waals surface area contributed by atoms with Gasteiger partial charge in [0.1, 0.15) is 0 Å². The first-order valence-electron chi connectivity index (χ1n) is 4.32. The Kier molecular flexibility index (Phi) is 2.15. The summed E-state index contributed by atoms with van der Waals surface area (Å²) in [4.78, 5) is 0. The molecule has 1 heterocycles. The molecule has 66 valence electrons. The monoisotopic (exact) mass is 172 g/mol. The minimum absolute atomic E-state index is 0.894. The number of hydrazine groups is 1. The lowest BCUT2D eigenvalue weighted by atomic mass is 10.2. The van der Waals surface area contributed by atoms with E-state index in [1.165, 1.54) is 0 Å².